The molecule has 0 saturated carbocycles. The topological polar surface area (TPSA) is 111 Å². The van der Waals surface area contributed by atoms with Crippen molar-refractivity contribution in [2.75, 3.05) is 27.9 Å². The molecule has 1 aliphatic heterocycles. The second-order valence-corrected chi connectivity index (χ2v) is 9.48. The minimum absolute atomic E-state index is 0.0306. The molecule has 0 aliphatic carbocycles. The number of hydrogen-bond donors (Lipinski definition) is 1. The van der Waals surface area contributed by atoms with Crippen LogP contribution in [0.5, 0.6) is 17.2 Å². The Morgan fingerprint density at radius 1 is 1.08 bits per heavy atom. The number of methoxy groups -OCH3 is 3. The number of esters is 1. The Hall–Kier alpha value is -4.37. The van der Waals surface area contributed by atoms with Crippen LogP contribution in [0.25, 0.3) is 10.9 Å². The van der Waals surface area contributed by atoms with Crippen LogP contribution >= 0.6 is 0 Å². The summed E-state index contributed by atoms with van der Waals surface area (Å²) in [6.07, 6.45) is 2.30. The molecule has 0 unspecified atom stereocenters. The van der Waals surface area contributed by atoms with Gasteiger partial charge in [0, 0.05) is 30.7 Å². The summed E-state index contributed by atoms with van der Waals surface area (Å²) in [7, 11) is 4.52. The van der Waals surface area contributed by atoms with Gasteiger partial charge in [-0.3, -0.25) is 19.5 Å². The van der Waals surface area contributed by atoms with Crippen molar-refractivity contribution in [2.24, 2.45) is 0 Å². The molecule has 0 saturated heterocycles. The zero-order valence-electron chi connectivity index (χ0n) is 22.1. The first-order valence-corrected chi connectivity index (χ1v) is 12.6. The molecule has 1 atom stereocenters. The fraction of sp³-hybridized carbons (Fsp3) is 0.300. The predicted molar refractivity (Wildman–Crippen MR) is 144 cm³/mol. The average molecular weight is 531 g/mol. The minimum Gasteiger partial charge on any atom is -0.502 e. The van der Waals surface area contributed by atoms with E-state index in [1.807, 2.05) is 36.4 Å². The van der Waals surface area contributed by atoms with E-state index in [4.69, 9.17) is 18.6 Å². The molecule has 202 valence electrons. The molecule has 0 radical (unpaired) electrons. The summed E-state index contributed by atoms with van der Waals surface area (Å²) in [5.74, 6) is 0.00972. The predicted octanol–water partition coefficient (Wildman–Crippen LogP) is 4.16. The van der Waals surface area contributed by atoms with Crippen LogP contribution in [0.15, 0.2) is 63.9 Å². The summed E-state index contributed by atoms with van der Waals surface area (Å²) in [5.41, 5.74) is 3.14. The second kappa shape index (κ2) is 11.2. The van der Waals surface area contributed by atoms with Gasteiger partial charge in [-0.2, -0.15) is 0 Å². The number of aromatic hydroxyl groups is 1. The molecule has 9 heteroatoms. The van der Waals surface area contributed by atoms with Crippen molar-refractivity contribution >= 4 is 16.9 Å². The summed E-state index contributed by atoms with van der Waals surface area (Å²) in [4.78, 5) is 31.9. The van der Waals surface area contributed by atoms with Gasteiger partial charge >= 0.3 is 5.97 Å². The number of aromatic nitrogens is 1. The quantitative estimate of drug-likeness (QED) is 0.336. The third-order valence-electron chi connectivity index (χ3n) is 7.15. The van der Waals surface area contributed by atoms with Crippen LogP contribution in [0.3, 0.4) is 0 Å². The highest BCUT2D eigenvalue weighted by atomic mass is 16.5. The zero-order chi connectivity index (χ0) is 27.5. The van der Waals surface area contributed by atoms with Crippen molar-refractivity contribution in [3.05, 3.63) is 93.2 Å². The molecule has 39 heavy (non-hydrogen) atoms. The van der Waals surface area contributed by atoms with Crippen LogP contribution in [0.2, 0.25) is 0 Å². The number of ether oxygens (including phenoxy) is 3. The van der Waals surface area contributed by atoms with Crippen molar-refractivity contribution in [3.8, 4) is 17.2 Å². The molecule has 5 rings (SSSR count). The van der Waals surface area contributed by atoms with Crippen LogP contribution in [0.1, 0.15) is 40.5 Å². The number of pyridine rings is 1. The van der Waals surface area contributed by atoms with E-state index in [-0.39, 0.29) is 12.2 Å². The Labute approximate surface area is 225 Å². The van der Waals surface area contributed by atoms with Gasteiger partial charge in [0.15, 0.2) is 17.3 Å². The number of rotatable bonds is 8. The summed E-state index contributed by atoms with van der Waals surface area (Å²) >= 11 is 0. The van der Waals surface area contributed by atoms with E-state index in [0.29, 0.717) is 35.9 Å². The lowest BCUT2D eigenvalue weighted by molar-refractivity contribution is -0.140. The van der Waals surface area contributed by atoms with Crippen molar-refractivity contribution < 1.29 is 28.5 Å². The number of carbonyl (C=O) groups excluding carboxylic acids is 1. The summed E-state index contributed by atoms with van der Waals surface area (Å²) in [5, 5.41) is 11.6. The average Bonchev–Trinajstić information content (AvgIpc) is 2.96. The molecular weight excluding hydrogens is 500 g/mol. The molecule has 9 nitrogen and oxygen atoms in total. The molecule has 4 aromatic rings. The Bertz CT molecular complexity index is 1570. The number of para-hydroxylation sites is 1. The van der Waals surface area contributed by atoms with Crippen LogP contribution < -0.4 is 14.9 Å². The summed E-state index contributed by atoms with van der Waals surface area (Å²) in [6, 6.07) is 14.5. The Morgan fingerprint density at radius 3 is 2.56 bits per heavy atom. The fourth-order valence-corrected chi connectivity index (χ4v) is 5.18. The van der Waals surface area contributed by atoms with E-state index in [0.717, 1.165) is 29.4 Å². The lowest BCUT2D eigenvalue weighted by Gasteiger charge is -2.29. The lowest BCUT2D eigenvalue weighted by atomic mass is 9.90. The normalized spacial score (nSPS) is 14.0. The molecule has 2 aromatic heterocycles. The van der Waals surface area contributed by atoms with Crippen molar-refractivity contribution in [3.63, 3.8) is 0 Å². The largest absolute Gasteiger partial charge is 0.502 e. The van der Waals surface area contributed by atoms with Crippen LogP contribution in [0.4, 0.5) is 0 Å². The van der Waals surface area contributed by atoms with E-state index in [2.05, 4.69) is 9.88 Å². The summed E-state index contributed by atoms with van der Waals surface area (Å²) in [6.45, 7) is 1.71. The molecule has 1 N–H and O–H groups in total. The minimum atomic E-state index is -0.753. The second-order valence-electron chi connectivity index (χ2n) is 9.48. The highest BCUT2D eigenvalue weighted by molar-refractivity contribution is 5.84. The van der Waals surface area contributed by atoms with E-state index >= 15 is 0 Å². The third-order valence-corrected chi connectivity index (χ3v) is 7.15. The van der Waals surface area contributed by atoms with Gasteiger partial charge < -0.3 is 23.7 Å². The maximum absolute atomic E-state index is 12.9. The van der Waals surface area contributed by atoms with Gasteiger partial charge in [-0.15, -0.1) is 0 Å². The van der Waals surface area contributed by atoms with Crippen LogP contribution in [-0.2, 0) is 29.0 Å². The van der Waals surface area contributed by atoms with Crippen molar-refractivity contribution in [1.29, 1.82) is 0 Å². The monoisotopic (exact) mass is 530 g/mol. The number of benzene rings is 2. The van der Waals surface area contributed by atoms with Gasteiger partial charge in [-0.05, 0) is 47.4 Å². The zero-order valence-corrected chi connectivity index (χ0v) is 22.1. The van der Waals surface area contributed by atoms with Crippen LogP contribution in [0, 0.1) is 0 Å². The standard InChI is InChI=1S/C30H30N2O7/c1-36-26-12-18-9-11-32(16-19(18)13-27(26)37-2)17-20-14-25(33)29(35)30(39-20)23(15-28(34)38-3)21-8-10-31-24-7-5-4-6-22(21)24/h4-8,10,12-14,23,35H,9,11,15-17H2,1-3H3/t23-/m0/s1. The third kappa shape index (κ3) is 5.31. The Morgan fingerprint density at radius 2 is 1.82 bits per heavy atom. The Kier molecular flexibility index (Phi) is 7.51. The highest BCUT2D eigenvalue weighted by Crippen LogP contribution is 2.37. The van der Waals surface area contributed by atoms with Crippen molar-refractivity contribution in [2.45, 2.75) is 31.8 Å². The molecule has 1 aliphatic rings. The first-order chi connectivity index (χ1) is 18.9. The molecule has 0 amide bonds. The highest BCUT2D eigenvalue weighted by Gasteiger charge is 2.29. The van der Waals surface area contributed by atoms with Gasteiger partial charge in [-0.25, -0.2) is 0 Å². The molecular formula is C30H30N2O7. The van der Waals surface area contributed by atoms with Crippen molar-refractivity contribution in [1.82, 2.24) is 9.88 Å². The van der Waals surface area contributed by atoms with E-state index in [9.17, 15) is 14.7 Å². The Balaban J connectivity index is 1.50. The van der Waals surface area contributed by atoms with E-state index < -0.39 is 23.1 Å². The first kappa shape index (κ1) is 26.2. The van der Waals surface area contributed by atoms with Gasteiger partial charge in [0.05, 0.1) is 45.7 Å². The number of fused-ring (bicyclic) bond motifs is 2. The van der Waals surface area contributed by atoms with E-state index in [1.165, 1.54) is 18.7 Å². The van der Waals surface area contributed by atoms with Gasteiger partial charge in [0.25, 0.3) is 0 Å². The molecule has 3 heterocycles. The van der Waals surface area contributed by atoms with Gasteiger partial charge in [-0.1, -0.05) is 18.2 Å². The molecule has 2 aromatic carbocycles. The lowest BCUT2D eigenvalue weighted by Crippen LogP contribution is -2.30. The summed E-state index contributed by atoms with van der Waals surface area (Å²) < 4.78 is 22.1. The van der Waals surface area contributed by atoms with Crippen LogP contribution in [-0.4, -0.2) is 48.8 Å². The molecule has 0 bridgehead atoms. The molecule has 0 fully saturated rings. The maximum atomic E-state index is 12.9. The number of carbonyl (C=O) groups is 1. The maximum Gasteiger partial charge on any atom is 0.306 e. The number of hydrogen-bond acceptors (Lipinski definition) is 9. The van der Waals surface area contributed by atoms with Gasteiger partial charge in [0.2, 0.25) is 11.2 Å². The fourth-order valence-electron chi connectivity index (χ4n) is 5.18. The van der Waals surface area contributed by atoms with E-state index in [1.54, 1.807) is 26.5 Å². The molecule has 0 spiro atoms. The number of nitrogens with zero attached hydrogens (tertiary/aromatic N) is 2. The SMILES string of the molecule is COC(=O)C[C@H](c1oc(CN2CCc3cc(OC)c(OC)cc3C2)cc(=O)c1O)c1ccnc2ccccc12. The smallest absolute Gasteiger partial charge is 0.306 e. The first-order valence-electron chi connectivity index (χ1n) is 12.6. The van der Waals surface area contributed by atoms with Gasteiger partial charge in [0.1, 0.15) is 5.76 Å².